The largest absolute Gasteiger partial charge is 0.459 e. The van der Waals surface area contributed by atoms with Gasteiger partial charge in [-0.2, -0.15) is 0 Å². The molecule has 0 spiro atoms. The van der Waals surface area contributed by atoms with E-state index in [2.05, 4.69) is 20.9 Å². The first kappa shape index (κ1) is 25.1. The number of aliphatic imine (C=N–C) groups is 1. The number of aryl methyl sites for hydroxylation is 1. The minimum absolute atomic E-state index is 0. The van der Waals surface area contributed by atoms with Crippen LogP contribution in [0.1, 0.15) is 43.3 Å². The minimum Gasteiger partial charge on any atom is -0.459 e. The molecule has 2 rings (SSSR count). The maximum absolute atomic E-state index is 11.9. The van der Waals surface area contributed by atoms with E-state index in [0.29, 0.717) is 37.9 Å². The molecule has 3 N–H and O–H groups in total. The standard InChI is InChI=1S/C19H31N5O4.HI/c1-13-7-10-27-15(13)16(25)21-8-6-9-22-17(20-5)23-14-11-24(12-14)18(26)28-19(2,3)4;/h7,10,14H,6,8-9,11-12H2,1-5H3,(H,21,25)(H2,20,22,23);1H. The second-order valence-electron chi connectivity index (χ2n) is 7.77. The predicted octanol–water partition coefficient (Wildman–Crippen LogP) is 2.11. The normalized spacial score (nSPS) is 14.5. The van der Waals surface area contributed by atoms with E-state index in [1.54, 1.807) is 18.0 Å². The number of halogens is 1. The summed E-state index contributed by atoms with van der Waals surface area (Å²) in [5, 5.41) is 9.29. The zero-order chi connectivity index (χ0) is 20.7. The number of nitrogens with one attached hydrogen (secondary N) is 3. The molecule has 1 aliphatic heterocycles. The number of guanidine groups is 1. The molecular formula is C19H32IN5O4. The molecule has 0 aliphatic carbocycles. The molecule has 1 fully saturated rings. The van der Waals surface area contributed by atoms with Crippen LogP contribution in [0.4, 0.5) is 4.79 Å². The Kier molecular flexibility index (Phi) is 9.74. The van der Waals surface area contributed by atoms with Gasteiger partial charge in [0.1, 0.15) is 5.60 Å². The number of carbonyl (C=O) groups is 2. The number of amides is 2. The third-order valence-electron chi connectivity index (χ3n) is 4.10. The molecule has 1 saturated heterocycles. The number of hydrogen-bond acceptors (Lipinski definition) is 5. The number of nitrogens with zero attached hydrogens (tertiary/aromatic N) is 2. The van der Waals surface area contributed by atoms with Gasteiger partial charge in [0, 0.05) is 38.8 Å². The van der Waals surface area contributed by atoms with E-state index in [0.717, 1.165) is 12.0 Å². The van der Waals surface area contributed by atoms with Crippen LogP contribution in [0.3, 0.4) is 0 Å². The maximum Gasteiger partial charge on any atom is 0.410 e. The van der Waals surface area contributed by atoms with E-state index in [9.17, 15) is 9.59 Å². The van der Waals surface area contributed by atoms with Crippen LogP contribution in [0, 0.1) is 6.92 Å². The Morgan fingerprint density at radius 2 is 1.93 bits per heavy atom. The van der Waals surface area contributed by atoms with E-state index >= 15 is 0 Å². The van der Waals surface area contributed by atoms with Crippen molar-refractivity contribution in [3.8, 4) is 0 Å². The Bertz CT molecular complexity index is 708. The lowest BCUT2D eigenvalue weighted by Crippen LogP contribution is -2.63. The molecule has 2 heterocycles. The van der Waals surface area contributed by atoms with Gasteiger partial charge in [-0.15, -0.1) is 24.0 Å². The van der Waals surface area contributed by atoms with Crippen molar-refractivity contribution in [2.75, 3.05) is 33.2 Å². The molecule has 1 aliphatic rings. The third kappa shape index (κ3) is 8.11. The summed E-state index contributed by atoms with van der Waals surface area (Å²) in [5.41, 5.74) is 0.333. The fraction of sp³-hybridized carbons (Fsp3) is 0.632. The summed E-state index contributed by atoms with van der Waals surface area (Å²) in [6, 6.07) is 1.90. The van der Waals surface area contributed by atoms with Gasteiger partial charge in [-0.3, -0.25) is 9.79 Å². The summed E-state index contributed by atoms with van der Waals surface area (Å²) < 4.78 is 10.5. The quantitative estimate of drug-likeness (QED) is 0.229. The SMILES string of the molecule is CN=C(NCCCNC(=O)c1occc1C)NC1CN(C(=O)OC(C)(C)C)C1.I. The first-order valence-electron chi connectivity index (χ1n) is 9.47. The van der Waals surface area contributed by atoms with Crippen LogP contribution >= 0.6 is 24.0 Å². The smallest absolute Gasteiger partial charge is 0.410 e. The van der Waals surface area contributed by atoms with Gasteiger partial charge in [-0.05, 0) is 40.2 Å². The van der Waals surface area contributed by atoms with Gasteiger partial charge in [0.25, 0.3) is 5.91 Å². The molecule has 10 heteroatoms. The lowest BCUT2D eigenvalue weighted by Gasteiger charge is -2.40. The Balaban J connectivity index is 0.00000420. The minimum atomic E-state index is -0.488. The fourth-order valence-corrected chi connectivity index (χ4v) is 2.62. The zero-order valence-corrected chi connectivity index (χ0v) is 20.0. The highest BCUT2D eigenvalue weighted by molar-refractivity contribution is 14.0. The molecule has 0 atom stereocenters. The van der Waals surface area contributed by atoms with Crippen LogP contribution < -0.4 is 16.0 Å². The second-order valence-corrected chi connectivity index (χ2v) is 7.77. The number of furan rings is 1. The predicted molar refractivity (Wildman–Crippen MR) is 122 cm³/mol. The van der Waals surface area contributed by atoms with Gasteiger partial charge in [0.15, 0.2) is 11.7 Å². The maximum atomic E-state index is 11.9. The Labute approximate surface area is 189 Å². The Hall–Kier alpha value is -1.98. The van der Waals surface area contributed by atoms with Crippen molar-refractivity contribution in [2.45, 2.75) is 45.8 Å². The van der Waals surface area contributed by atoms with E-state index in [1.807, 2.05) is 27.7 Å². The van der Waals surface area contributed by atoms with Crippen molar-refractivity contribution < 1.29 is 18.7 Å². The van der Waals surface area contributed by atoms with Crippen molar-refractivity contribution in [2.24, 2.45) is 4.99 Å². The van der Waals surface area contributed by atoms with E-state index in [1.165, 1.54) is 6.26 Å². The van der Waals surface area contributed by atoms with Crippen LogP contribution in [0.15, 0.2) is 21.7 Å². The Morgan fingerprint density at radius 3 is 2.48 bits per heavy atom. The molecule has 164 valence electrons. The molecular weight excluding hydrogens is 489 g/mol. The molecule has 0 saturated carbocycles. The molecule has 29 heavy (non-hydrogen) atoms. The number of hydrogen-bond donors (Lipinski definition) is 3. The van der Waals surface area contributed by atoms with E-state index < -0.39 is 5.60 Å². The molecule has 1 aromatic heterocycles. The molecule has 2 amide bonds. The number of ether oxygens (including phenoxy) is 1. The third-order valence-corrected chi connectivity index (χ3v) is 4.10. The van der Waals surface area contributed by atoms with E-state index in [4.69, 9.17) is 9.15 Å². The van der Waals surface area contributed by atoms with Gasteiger partial charge in [0.05, 0.1) is 12.3 Å². The number of likely N-dealkylation sites (tertiary alicyclic amines) is 1. The number of rotatable bonds is 6. The molecule has 9 nitrogen and oxygen atoms in total. The summed E-state index contributed by atoms with van der Waals surface area (Å²) in [6.45, 7) is 9.72. The van der Waals surface area contributed by atoms with Crippen molar-refractivity contribution in [1.29, 1.82) is 0 Å². The average molecular weight is 521 g/mol. The van der Waals surface area contributed by atoms with Gasteiger partial charge >= 0.3 is 6.09 Å². The number of carbonyl (C=O) groups excluding carboxylic acids is 2. The zero-order valence-electron chi connectivity index (χ0n) is 17.7. The van der Waals surface area contributed by atoms with Crippen LogP contribution in [-0.4, -0.2) is 67.7 Å². The summed E-state index contributed by atoms with van der Waals surface area (Å²) in [5.74, 6) is 0.814. The van der Waals surface area contributed by atoms with Crippen molar-refractivity contribution >= 4 is 41.9 Å². The van der Waals surface area contributed by atoms with Gasteiger partial charge in [-0.25, -0.2) is 4.79 Å². The van der Waals surface area contributed by atoms with Crippen molar-refractivity contribution in [1.82, 2.24) is 20.9 Å². The molecule has 0 bridgehead atoms. The highest BCUT2D eigenvalue weighted by Crippen LogP contribution is 2.15. The van der Waals surface area contributed by atoms with Gasteiger partial charge in [-0.1, -0.05) is 0 Å². The highest BCUT2D eigenvalue weighted by Gasteiger charge is 2.34. The second kappa shape index (κ2) is 11.3. The fourth-order valence-electron chi connectivity index (χ4n) is 2.62. The van der Waals surface area contributed by atoms with Crippen LogP contribution in [0.25, 0.3) is 0 Å². The van der Waals surface area contributed by atoms with Gasteiger partial charge < -0.3 is 30.0 Å². The monoisotopic (exact) mass is 521 g/mol. The summed E-state index contributed by atoms with van der Waals surface area (Å²) in [4.78, 5) is 29.7. The summed E-state index contributed by atoms with van der Waals surface area (Å²) >= 11 is 0. The Morgan fingerprint density at radius 1 is 1.28 bits per heavy atom. The molecule has 0 unspecified atom stereocenters. The first-order chi connectivity index (χ1) is 13.2. The van der Waals surface area contributed by atoms with Crippen LogP contribution in [-0.2, 0) is 4.74 Å². The first-order valence-corrected chi connectivity index (χ1v) is 9.47. The van der Waals surface area contributed by atoms with Crippen molar-refractivity contribution in [3.05, 3.63) is 23.7 Å². The average Bonchev–Trinajstić information content (AvgIpc) is 2.99. The molecule has 0 aromatic carbocycles. The molecule has 1 aromatic rings. The summed E-state index contributed by atoms with van der Waals surface area (Å²) in [7, 11) is 1.70. The topological polar surface area (TPSA) is 108 Å². The van der Waals surface area contributed by atoms with Gasteiger partial charge in [0.2, 0.25) is 0 Å². The lowest BCUT2D eigenvalue weighted by molar-refractivity contribution is 0.00700. The van der Waals surface area contributed by atoms with E-state index in [-0.39, 0.29) is 42.0 Å². The lowest BCUT2D eigenvalue weighted by atomic mass is 10.1. The van der Waals surface area contributed by atoms with Crippen LogP contribution in [0.2, 0.25) is 0 Å². The highest BCUT2D eigenvalue weighted by atomic mass is 127. The summed E-state index contributed by atoms with van der Waals surface area (Å²) in [6.07, 6.45) is 1.95. The van der Waals surface area contributed by atoms with Crippen LogP contribution in [0.5, 0.6) is 0 Å². The van der Waals surface area contributed by atoms with Crippen molar-refractivity contribution in [3.63, 3.8) is 0 Å². The molecule has 0 radical (unpaired) electrons.